The second kappa shape index (κ2) is 6.21. The molecule has 19 heavy (non-hydrogen) atoms. The number of rotatable bonds is 4. The van der Waals surface area contributed by atoms with Gasteiger partial charge < -0.3 is 5.11 Å². The van der Waals surface area contributed by atoms with Crippen molar-refractivity contribution in [3.05, 3.63) is 63.9 Å². The van der Waals surface area contributed by atoms with Crippen LogP contribution in [0.15, 0.2) is 51.8 Å². The van der Waals surface area contributed by atoms with E-state index in [1.54, 1.807) is 17.8 Å². The third-order valence-corrected chi connectivity index (χ3v) is 4.02. The van der Waals surface area contributed by atoms with E-state index in [4.69, 9.17) is 5.11 Å². The van der Waals surface area contributed by atoms with Crippen molar-refractivity contribution in [2.45, 2.75) is 10.6 Å². The Labute approximate surface area is 122 Å². The molecule has 0 saturated heterocycles. The first-order valence-electron chi connectivity index (χ1n) is 5.46. The van der Waals surface area contributed by atoms with Crippen molar-refractivity contribution in [3.8, 4) is 0 Å². The summed E-state index contributed by atoms with van der Waals surface area (Å²) in [5.74, 6) is -1.35. The van der Waals surface area contributed by atoms with Crippen LogP contribution in [-0.2, 0) is 5.75 Å². The van der Waals surface area contributed by atoms with Crippen LogP contribution in [0.1, 0.15) is 15.9 Å². The van der Waals surface area contributed by atoms with Gasteiger partial charge in [0.2, 0.25) is 0 Å². The van der Waals surface area contributed by atoms with E-state index >= 15 is 0 Å². The van der Waals surface area contributed by atoms with E-state index < -0.39 is 11.8 Å². The van der Waals surface area contributed by atoms with Gasteiger partial charge in [0.1, 0.15) is 5.82 Å². The molecule has 98 valence electrons. The fraction of sp³-hybridized carbons (Fsp3) is 0.0714. The monoisotopic (exact) mass is 340 g/mol. The lowest BCUT2D eigenvalue weighted by Gasteiger charge is -2.04. The van der Waals surface area contributed by atoms with Gasteiger partial charge in [0.15, 0.2) is 0 Å². The number of hydrogen-bond acceptors (Lipinski definition) is 2. The number of carboxylic acid groups (broad SMARTS) is 1. The summed E-state index contributed by atoms with van der Waals surface area (Å²) < 4.78 is 14.2. The fourth-order valence-electron chi connectivity index (χ4n) is 1.55. The molecule has 0 aliphatic rings. The Balaban J connectivity index is 2.12. The molecule has 2 nitrogen and oxygen atoms in total. The first-order chi connectivity index (χ1) is 9.06. The summed E-state index contributed by atoms with van der Waals surface area (Å²) in [5.41, 5.74) is 0.496. The maximum atomic E-state index is 13.2. The van der Waals surface area contributed by atoms with Crippen LogP contribution in [0.3, 0.4) is 0 Å². The molecule has 0 radical (unpaired) electrons. The fourth-order valence-corrected chi connectivity index (χ4v) is 3.00. The third-order valence-electron chi connectivity index (χ3n) is 2.46. The van der Waals surface area contributed by atoms with Gasteiger partial charge in [-0.15, -0.1) is 11.8 Å². The molecule has 2 aromatic rings. The molecule has 0 amide bonds. The normalized spacial score (nSPS) is 10.4. The van der Waals surface area contributed by atoms with Crippen molar-refractivity contribution < 1.29 is 14.3 Å². The number of benzene rings is 2. The lowest BCUT2D eigenvalue weighted by molar-refractivity contribution is 0.0692. The maximum absolute atomic E-state index is 13.2. The highest BCUT2D eigenvalue weighted by Crippen LogP contribution is 2.26. The van der Waals surface area contributed by atoms with E-state index in [9.17, 15) is 9.18 Å². The van der Waals surface area contributed by atoms with Crippen LogP contribution in [0.2, 0.25) is 0 Å². The highest BCUT2D eigenvalue weighted by atomic mass is 79.9. The molecule has 2 rings (SSSR count). The van der Waals surface area contributed by atoms with Crippen LogP contribution >= 0.6 is 27.7 Å². The topological polar surface area (TPSA) is 37.3 Å². The van der Waals surface area contributed by atoms with Crippen LogP contribution < -0.4 is 0 Å². The Hall–Kier alpha value is -1.33. The van der Waals surface area contributed by atoms with Crippen LogP contribution in [0.4, 0.5) is 4.39 Å². The molecule has 0 aliphatic heterocycles. The van der Waals surface area contributed by atoms with Crippen LogP contribution in [0.5, 0.6) is 0 Å². The van der Waals surface area contributed by atoms with Crippen molar-refractivity contribution in [1.29, 1.82) is 0 Å². The summed E-state index contributed by atoms with van der Waals surface area (Å²) in [5, 5.41) is 8.86. The molecule has 0 spiro atoms. The van der Waals surface area contributed by atoms with Gasteiger partial charge in [-0.1, -0.05) is 28.1 Å². The number of aromatic carboxylic acids is 1. The van der Waals surface area contributed by atoms with E-state index in [2.05, 4.69) is 15.9 Å². The molecule has 0 fully saturated rings. The van der Waals surface area contributed by atoms with Crippen molar-refractivity contribution in [3.63, 3.8) is 0 Å². The molecule has 0 aromatic heterocycles. The summed E-state index contributed by atoms with van der Waals surface area (Å²) in [6, 6.07) is 12.0. The second-order valence-corrected chi connectivity index (χ2v) is 5.83. The minimum atomic E-state index is -1.24. The van der Waals surface area contributed by atoms with Gasteiger partial charge in [-0.25, -0.2) is 9.18 Å². The highest BCUT2D eigenvalue weighted by molar-refractivity contribution is 9.10. The Morgan fingerprint density at radius 1 is 1.26 bits per heavy atom. The molecule has 5 heteroatoms. The van der Waals surface area contributed by atoms with Crippen LogP contribution in [-0.4, -0.2) is 11.1 Å². The summed E-state index contributed by atoms with van der Waals surface area (Å²) >= 11 is 4.96. The van der Waals surface area contributed by atoms with E-state index in [-0.39, 0.29) is 5.56 Å². The Bertz CT molecular complexity index is 616. The Morgan fingerprint density at radius 3 is 2.74 bits per heavy atom. The van der Waals surface area contributed by atoms with Gasteiger partial charge in [-0.05, 0) is 35.9 Å². The predicted octanol–water partition coefficient (Wildman–Crippen LogP) is 4.58. The molecule has 2 aromatic carbocycles. The lowest BCUT2D eigenvalue weighted by atomic mass is 10.1. The molecule has 0 heterocycles. The molecule has 0 saturated carbocycles. The minimum absolute atomic E-state index is 0.285. The van der Waals surface area contributed by atoms with Crippen LogP contribution in [0.25, 0.3) is 0 Å². The van der Waals surface area contributed by atoms with Gasteiger partial charge in [0, 0.05) is 15.1 Å². The lowest BCUT2D eigenvalue weighted by Crippen LogP contribution is -2.01. The van der Waals surface area contributed by atoms with Gasteiger partial charge in [0.25, 0.3) is 0 Å². The van der Waals surface area contributed by atoms with Gasteiger partial charge >= 0.3 is 5.97 Å². The quantitative estimate of drug-likeness (QED) is 0.827. The molecular formula is C14H10BrFO2S. The Morgan fingerprint density at radius 2 is 2.05 bits per heavy atom. The molecule has 0 atom stereocenters. The van der Waals surface area contributed by atoms with Crippen molar-refractivity contribution in [2.75, 3.05) is 0 Å². The average molecular weight is 341 g/mol. The Kier molecular flexibility index (Phi) is 4.61. The number of thioether (sulfide) groups is 1. The maximum Gasteiger partial charge on any atom is 0.338 e. The largest absolute Gasteiger partial charge is 0.478 e. The van der Waals surface area contributed by atoms with Crippen molar-refractivity contribution in [2.24, 2.45) is 0 Å². The number of carboxylic acids is 1. The van der Waals surface area contributed by atoms with Crippen LogP contribution in [0, 0.1) is 5.82 Å². The number of halogens is 2. The van der Waals surface area contributed by atoms with Gasteiger partial charge in [-0.3, -0.25) is 0 Å². The number of carbonyl (C=O) groups is 1. The second-order valence-electron chi connectivity index (χ2n) is 3.87. The zero-order chi connectivity index (χ0) is 13.8. The molecular weight excluding hydrogens is 331 g/mol. The minimum Gasteiger partial charge on any atom is -0.478 e. The van der Waals surface area contributed by atoms with E-state index in [0.717, 1.165) is 14.9 Å². The summed E-state index contributed by atoms with van der Waals surface area (Å²) in [6.07, 6.45) is 0. The zero-order valence-corrected chi connectivity index (χ0v) is 12.2. The third kappa shape index (κ3) is 3.81. The standard InChI is InChI=1S/C14H10BrFO2S/c15-10-2-1-3-11(7-10)19-8-9-4-5-13(16)12(6-9)14(17)18/h1-7H,8H2,(H,17,18). The molecule has 0 aliphatic carbocycles. The van der Waals surface area contributed by atoms with Gasteiger partial charge in [0.05, 0.1) is 5.56 Å². The van der Waals surface area contributed by atoms with E-state index in [1.165, 1.54) is 12.1 Å². The average Bonchev–Trinajstić information content (AvgIpc) is 2.37. The zero-order valence-electron chi connectivity index (χ0n) is 9.77. The molecule has 0 unspecified atom stereocenters. The smallest absolute Gasteiger partial charge is 0.338 e. The molecule has 1 N–H and O–H groups in total. The summed E-state index contributed by atoms with van der Waals surface area (Å²) in [4.78, 5) is 11.9. The van der Waals surface area contributed by atoms with E-state index in [0.29, 0.717) is 5.75 Å². The first kappa shape index (κ1) is 14.1. The highest BCUT2D eigenvalue weighted by Gasteiger charge is 2.10. The SMILES string of the molecule is O=C(O)c1cc(CSc2cccc(Br)c2)ccc1F. The molecule has 0 bridgehead atoms. The first-order valence-corrected chi connectivity index (χ1v) is 7.24. The summed E-state index contributed by atoms with van der Waals surface area (Å²) in [7, 11) is 0. The van der Waals surface area contributed by atoms with Crippen molar-refractivity contribution >= 4 is 33.7 Å². The van der Waals surface area contributed by atoms with Crippen molar-refractivity contribution in [1.82, 2.24) is 0 Å². The number of hydrogen-bond donors (Lipinski definition) is 1. The van der Waals surface area contributed by atoms with Gasteiger partial charge in [-0.2, -0.15) is 0 Å². The van der Waals surface area contributed by atoms with E-state index in [1.807, 2.05) is 24.3 Å². The predicted molar refractivity (Wildman–Crippen MR) is 77.1 cm³/mol. The summed E-state index contributed by atoms with van der Waals surface area (Å²) in [6.45, 7) is 0.